The molecule has 2 N–H and O–H groups in total. The molecule has 0 saturated carbocycles. The summed E-state index contributed by atoms with van der Waals surface area (Å²) in [6.45, 7) is 6.85. The van der Waals surface area contributed by atoms with Gasteiger partial charge >= 0.3 is 29.8 Å². The zero-order valence-corrected chi connectivity index (χ0v) is 25.9. The van der Waals surface area contributed by atoms with E-state index in [0.717, 1.165) is 41.5 Å². The molecule has 18 heteroatoms. The van der Waals surface area contributed by atoms with Crippen LogP contribution < -0.4 is 10.6 Å². The van der Waals surface area contributed by atoms with Gasteiger partial charge in [-0.05, 0) is 0 Å². The van der Waals surface area contributed by atoms with Crippen molar-refractivity contribution in [2.24, 2.45) is 0 Å². The first-order chi connectivity index (χ1) is 20.5. The molecule has 0 aliphatic carbocycles. The molecule has 0 aromatic carbocycles. The van der Waals surface area contributed by atoms with Gasteiger partial charge in [0, 0.05) is 48.5 Å². The number of carbonyl (C=O) groups excluding carboxylic acids is 7. The van der Waals surface area contributed by atoms with Crippen LogP contribution in [-0.4, -0.2) is 115 Å². The third-order valence-electron chi connectivity index (χ3n) is 6.12. The topological polar surface area (TPSA) is 217 Å². The zero-order valence-electron chi connectivity index (χ0n) is 25.2. The molecule has 44 heavy (non-hydrogen) atoms. The van der Waals surface area contributed by atoms with Gasteiger partial charge < -0.3 is 48.5 Å². The Hall–Kier alpha value is -3.54. The monoisotopic (exact) mass is 652 g/mol. The first kappa shape index (κ1) is 36.7. The van der Waals surface area contributed by atoms with Crippen molar-refractivity contribution in [1.29, 1.82) is 0 Å². The number of nitrogens with one attached hydrogen (secondary N) is 2. The van der Waals surface area contributed by atoms with Crippen LogP contribution in [0.15, 0.2) is 0 Å². The van der Waals surface area contributed by atoms with Gasteiger partial charge in [-0.2, -0.15) is 0 Å². The predicted molar refractivity (Wildman–Crippen MR) is 143 cm³/mol. The maximum Gasteiger partial charge on any atom is 0.303 e. The van der Waals surface area contributed by atoms with Crippen molar-refractivity contribution in [3.8, 4) is 0 Å². The Morgan fingerprint density at radius 3 is 1.41 bits per heavy atom. The van der Waals surface area contributed by atoms with Gasteiger partial charge in [0.2, 0.25) is 11.8 Å². The molecule has 1 unspecified atom stereocenters. The molecule has 2 amide bonds. The lowest BCUT2D eigenvalue weighted by atomic mass is 9.94. The molecule has 2 heterocycles. The van der Waals surface area contributed by atoms with Crippen molar-refractivity contribution < 1.29 is 71.5 Å². The third kappa shape index (κ3) is 10.9. The second kappa shape index (κ2) is 16.5. The molecule has 0 aromatic rings. The Balaban J connectivity index is 2.66. The Morgan fingerprint density at radius 2 is 0.977 bits per heavy atom. The fraction of sp³-hybridized carbons (Fsp3) is 0.731. The molecule has 0 aromatic heterocycles. The van der Waals surface area contributed by atoms with Gasteiger partial charge in [0.15, 0.2) is 30.2 Å². The SMILES string of the molecule is CC(=O)N[C@H]1[C@H](O[C@H]2[C@H](OC(C)=O)[C@@H](NC(C)=O)C(Cl)O[C@@H]2COC(C)=O)O[C@H](COC(C)=O)[C@@H](OC(C)=O)[C@@H]1OC(C)=O. The molecule has 2 aliphatic rings. The van der Waals surface area contributed by atoms with Gasteiger partial charge in [-0.15, -0.1) is 0 Å². The summed E-state index contributed by atoms with van der Waals surface area (Å²) < 4.78 is 44.6. The van der Waals surface area contributed by atoms with E-state index in [4.69, 9.17) is 49.5 Å². The summed E-state index contributed by atoms with van der Waals surface area (Å²) in [7, 11) is 0. The molecule has 2 fully saturated rings. The summed E-state index contributed by atoms with van der Waals surface area (Å²) in [5, 5.41) is 5.08. The quantitative estimate of drug-likeness (QED) is 0.155. The van der Waals surface area contributed by atoms with E-state index in [2.05, 4.69) is 10.6 Å². The number of alkyl halides is 1. The van der Waals surface area contributed by atoms with Gasteiger partial charge in [0.05, 0.1) is 0 Å². The number of halogens is 1. The zero-order chi connectivity index (χ0) is 33.3. The van der Waals surface area contributed by atoms with Crippen LogP contribution in [0.1, 0.15) is 48.5 Å². The van der Waals surface area contributed by atoms with Crippen LogP contribution in [0.2, 0.25) is 0 Å². The molecule has 2 rings (SSSR count). The van der Waals surface area contributed by atoms with E-state index in [1.165, 1.54) is 6.92 Å². The molecule has 17 nitrogen and oxygen atoms in total. The molecule has 0 spiro atoms. The maximum atomic E-state index is 12.3. The number of hydrogen-bond acceptors (Lipinski definition) is 15. The van der Waals surface area contributed by atoms with Crippen molar-refractivity contribution in [2.75, 3.05) is 13.2 Å². The van der Waals surface area contributed by atoms with Crippen LogP contribution in [0.25, 0.3) is 0 Å². The van der Waals surface area contributed by atoms with Crippen LogP contribution in [0, 0.1) is 0 Å². The largest absolute Gasteiger partial charge is 0.463 e. The van der Waals surface area contributed by atoms with Crippen LogP contribution in [0.3, 0.4) is 0 Å². The number of carbonyl (C=O) groups is 7. The number of hydrogen-bond donors (Lipinski definition) is 2. The molecule has 0 radical (unpaired) electrons. The highest BCUT2D eigenvalue weighted by Gasteiger charge is 2.55. The van der Waals surface area contributed by atoms with E-state index in [1.54, 1.807) is 0 Å². The fourth-order valence-corrected chi connectivity index (χ4v) is 5.01. The summed E-state index contributed by atoms with van der Waals surface area (Å²) in [5.41, 5.74) is -1.30. The van der Waals surface area contributed by atoms with Crippen molar-refractivity contribution >= 4 is 53.3 Å². The molecule has 2 aliphatic heterocycles. The lowest BCUT2D eigenvalue weighted by Gasteiger charge is -2.49. The summed E-state index contributed by atoms with van der Waals surface area (Å²) in [6.07, 6.45) is -9.87. The molecular weight excluding hydrogens is 616 g/mol. The first-order valence-electron chi connectivity index (χ1n) is 13.4. The highest BCUT2D eigenvalue weighted by molar-refractivity contribution is 6.20. The van der Waals surface area contributed by atoms with Gasteiger partial charge in [-0.25, -0.2) is 0 Å². The van der Waals surface area contributed by atoms with Crippen molar-refractivity contribution in [1.82, 2.24) is 10.6 Å². The molecule has 248 valence electrons. The van der Waals surface area contributed by atoms with E-state index in [1.807, 2.05) is 0 Å². The summed E-state index contributed by atoms with van der Waals surface area (Å²) in [5.74, 6) is -5.08. The van der Waals surface area contributed by atoms with E-state index >= 15 is 0 Å². The highest BCUT2D eigenvalue weighted by atomic mass is 35.5. The summed E-state index contributed by atoms with van der Waals surface area (Å²) in [4.78, 5) is 84.0. The molecule has 2 saturated heterocycles. The third-order valence-corrected chi connectivity index (χ3v) is 6.49. The Kier molecular flexibility index (Phi) is 13.8. The lowest BCUT2D eigenvalue weighted by Crippen LogP contribution is -2.70. The summed E-state index contributed by atoms with van der Waals surface area (Å²) >= 11 is 6.40. The van der Waals surface area contributed by atoms with Gasteiger partial charge in [-0.3, -0.25) is 33.6 Å². The number of rotatable bonds is 11. The fourth-order valence-electron chi connectivity index (χ4n) is 4.67. The maximum absolute atomic E-state index is 12.3. The average Bonchev–Trinajstić information content (AvgIpc) is 2.87. The van der Waals surface area contributed by atoms with E-state index in [9.17, 15) is 33.6 Å². The van der Waals surface area contributed by atoms with Crippen molar-refractivity contribution in [3.05, 3.63) is 0 Å². The number of esters is 5. The number of amides is 2. The Labute approximate surface area is 257 Å². The Bertz CT molecular complexity index is 1100. The first-order valence-corrected chi connectivity index (χ1v) is 13.9. The van der Waals surface area contributed by atoms with Crippen LogP contribution >= 0.6 is 11.6 Å². The predicted octanol–water partition coefficient (Wildman–Crippen LogP) is -1.01. The standard InChI is InChI=1S/C26H37ClN2O15/c1-10(30)28-19-23(40-15(6)35)22(17(42-25(19)27)8-37-12(3)32)44-26-20(29-11(2)31)24(41-16(7)36)21(39-14(5)34)18(43-26)9-38-13(4)33/h17-26H,8-9H2,1-7H3,(H,28,30)(H,29,31)/t17-,18-,19-,20-,21-,22-,23-,24-,25?,26+/m1/s1. The second-order valence-corrected chi connectivity index (χ2v) is 10.4. The highest BCUT2D eigenvalue weighted by Crippen LogP contribution is 2.34. The van der Waals surface area contributed by atoms with Gasteiger partial charge in [-0.1, -0.05) is 11.6 Å². The lowest BCUT2D eigenvalue weighted by molar-refractivity contribution is -0.314. The minimum Gasteiger partial charge on any atom is -0.463 e. The summed E-state index contributed by atoms with van der Waals surface area (Å²) in [6, 6.07) is -2.59. The van der Waals surface area contributed by atoms with Crippen molar-refractivity contribution in [3.63, 3.8) is 0 Å². The van der Waals surface area contributed by atoms with E-state index in [-0.39, 0.29) is 0 Å². The average molecular weight is 653 g/mol. The van der Waals surface area contributed by atoms with Crippen LogP contribution in [-0.2, 0) is 71.5 Å². The molecular formula is C26H37ClN2O15. The van der Waals surface area contributed by atoms with Crippen LogP contribution in [0.5, 0.6) is 0 Å². The smallest absolute Gasteiger partial charge is 0.303 e. The van der Waals surface area contributed by atoms with Crippen LogP contribution in [0.4, 0.5) is 0 Å². The van der Waals surface area contributed by atoms with E-state index < -0.39 is 115 Å². The van der Waals surface area contributed by atoms with Gasteiger partial charge in [0.25, 0.3) is 0 Å². The molecule has 10 atom stereocenters. The van der Waals surface area contributed by atoms with Gasteiger partial charge in [0.1, 0.15) is 43.6 Å². The minimum absolute atomic E-state index is 0.467. The Morgan fingerprint density at radius 1 is 0.568 bits per heavy atom. The number of ether oxygens (including phenoxy) is 8. The normalized spacial score (nSPS) is 31.5. The van der Waals surface area contributed by atoms with Crippen molar-refractivity contribution in [2.45, 2.75) is 109 Å². The second-order valence-electron chi connectivity index (χ2n) is 9.95. The molecule has 0 bridgehead atoms. The van der Waals surface area contributed by atoms with E-state index in [0.29, 0.717) is 0 Å². The minimum atomic E-state index is -1.62.